The van der Waals surface area contributed by atoms with Gasteiger partial charge in [0.05, 0.1) is 23.1 Å². The van der Waals surface area contributed by atoms with Crippen LogP contribution in [-0.2, 0) is 14.8 Å². The summed E-state index contributed by atoms with van der Waals surface area (Å²) in [4.78, 5) is 12.4. The molecule has 28 heavy (non-hydrogen) atoms. The zero-order valence-corrected chi connectivity index (χ0v) is 17.0. The van der Waals surface area contributed by atoms with Crippen LogP contribution in [0.25, 0.3) is 0 Å². The van der Waals surface area contributed by atoms with Crippen molar-refractivity contribution in [1.29, 1.82) is 5.26 Å². The molecule has 0 spiro atoms. The molecule has 0 aliphatic carbocycles. The standard InChI is InChI=1S/C20H24N4O3S/c1-4-24(5-2)28(26,27)19-12-18(9-6-15(19)3)23-20(25)14-22-17-10-7-16(13-21)8-11-17/h6-12,22H,4-5,14H2,1-3H3,(H,23,25). The zero-order valence-electron chi connectivity index (χ0n) is 16.2. The highest BCUT2D eigenvalue weighted by molar-refractivity contribution is 7.89. The van der Waals surface area contributed by atoms with Crippen LogP contribution in [0.4, 0.5) is 11.4 Å². The molecule has 0 heterocycles. The van der Waals surface area contributed by atoms with Gasteiger partial charge in [-0.3, -0.25) is 4.79 Å². The monoisotopic (exact) mass is 400 g/mol. The van der Waals surface area contributed by atoms with Gasteiger partial charge < -0.3 is 10.6 Å². The fourth-order valence-electron chi connectivity index (χ4n) is 2.71. The SMILES string of the molecule is CCN(CC)S(=O)(=O)c1cc(NC(=O)CNc2ccc(C#N)cc2)ccc1C. The van der Waals surface area contributed by atoms with Gasteiger partial charge in [-0.2, -0.15) is 9.57 Å². The van der Waals surface area contributed by atoms with Crippen LogP contribution in [-0.4, -0.2) is 38.3 Å². The van der Waals surface area contributed by atoms with Crippen LogP contribution in [0.3, 0.4) is 0 Å². The Hall–Kier alpha value is -2.89. The van der Waals surface area contributed by atoms with Crippen LogP contribution in [0.2, 0.25) is 0 Å². The summed E-state index contributed by atoms with van der Waals surface area (Å²) in [7, 11) is -3.61. The fourth-order valence-corrected chi connectivity index (χ4v) is 4.42. The highest BCUT2D eigenvalue weighted by Crippen LogP contribution is 2.23. The van der Waals surface area contributed by atoms with Crippen molar-refractivity contribution in [3.05, 3.63) is 53.6 Å². The van der Waals surface area contributed by atoms with E-state index in [2.05, 4.69) is 10.6 Å². The number of amides is 1. The van der Waals surface area contributed by atoms with E-state index >= 15 is 0 Å². The molecular formula is C20H24N4O3S. The Labute approximate surface area is 166 Å². The van der Waals surface area contributed by atoms with Gasteiger partial charge in [0, 0.05) is 24.5 Å². The van der Waals surface area contributed by atoms with E-state index in [1.54, 1.807) is 57.2 Å². The maximum absolute atomic E-state index is 12.8. The molecule has 2 N–H and O–H groups in total. The van der Waals surface area contributed by atoms with Crippen molar-refractivity contribution in [2.75, 3.05) is 30.3 Å². The summed E-state index contributed by atoms with van der Waals surface area (Å²) in [6.07, 6.45) is 0. The van der Waals surface area contributed by atoms with Gasteiger partial charge in [0.25, 0.3) is 0 Å². The molecule has 7 nitrogen and oxygen atoms in total. The number of carbonyl (C=O) groups excluding carboxylic acids is 1. The lowest BCUT2D eigenvalue weighted by atomic mass is 10.2. The Kier molecular flexibility index (Phi) is 7.15. The zero-order chi connectivity index (χ0) is 20.7. The lowest BCUT2D eigenvalue weighted by molar-refractivity contribution is -0.114. The van der Waals surface area contributed by atoms with E-state index in [1.165, 1.54) is 10.4 Å². The second kappa shape index (κ2) is 9.35. The number of hydrogen-bond acceptors (Lipinski definition) is 5. The maximum atomic E-state index is 12.8. The first-order chi connectivity index (χ1) is 13.3. The van der Waals surface area contributed by atoms with E-state index in [0.717, 1.165) is 0 Å². The van der Waals surface area contributed by atoms with Crippen LogP contribution >= 0.6 is 0 Å². The van der Waals surface area contributed by atoms with Gasteiger partial charge in [-0.1, -0.05) is 19.9 Å². The number of nitrogens with one attached hydrogen (secondary N) is 2. The molecule has 0 radical (unpaired) electrons. The molecule has 0 unspecified atom stereocenters. The number of carbonyl (C=O) groups is 1. The Morgan fingerprint density at radius 2 is 1.68 bits per heavy atom. The summed E-state index contributed by atoms with van der Waals surface area (Å²) in [5.74, 6) is -0.306. The Balaban J connectivity index is 2.09. The summed E-state index contributed by atoms with van der Waals surface area (Å²) < 4.78 is 27.0. The van der Waals surface area contributed by atoms with Gasteiger partial charge in [-0.15, -0.1) is 0 Å². The van der Waals surface area contributed by atoms with Crippen molar-refractivity contribution < 1.29 is 13.2 Å². The van der Waals surface area contributed by atoms with Crippen molar-refractivity contribution in [2.24, 2.45) is 0 Å². The van der Waals surface area contributed by atoms with Gasteiger partial charge in [0.1, 0.15) is 0 Å². The summed E-state index contributed by atoms with van der Waals surface area (Å²) >= 11 is 0. The minimum atomic E-state index is -3.61. The maximum Gasteiger partial charge on any atom is 0.243 e. The number of anilines is 2. The Morgan fingerprint density at radius 1 is 1.07 bits per heavy atom. The molecule has 2 aromatic rings. The number of benzene rings is 2. The molecule has 8 heteroatoms. The molecule has 0 saturated carbocycles. The number of rotatable bonds is 8. The van der Waals surface area contributed by atoms with Gasteiger partial charge in [0.15, 0.2) is 0 Å². The molecule has 2 rings (SSSR count). The summed E-state index contributed by atoms with van der Waals surface area (Å²) in [5.41, 5.74) is 2.29. The van der Waals surface area contributed by atoms with Crippen molar-refractivity contribution >= 4 is 27.3 Å². The van der Waals surface area contributed by atoms with E-state index in [0.29, 0.717) is 35.6 Å². The molecule has 2 aromatic carbocycles. The Bertz CT molecular complexity index is 976. The molecule has 0 atom stereocenters. The molecule has 0 fully saturated rings. The normalized spacial score (nSPS) is 11.1. The minimum Gasteiger partial charge on any atom is -0.376 e. The van der Waals surface area contributed by atoms with Crippen LogP contribution < -0.4 is 10.6 Å². The Morgan fingerprint density at radius 3 is 2.25 bits per heavy atom. The van der Waals surface area contributed by atoms with Crippen molar-refractivity contribution in [3.63, 3.8) is 0 Å². The van der Waals surface area contributed by atoms with Crippen molar-refractivity contribution in [2.45, 2.75) is 25.7 Å². The number of hydrogen-bond donors (Lipinski definition) is 2. The first-order valence-corrected chi connectivity index (χ1v) is 10.4. The molecule has 0 saturated heterocycles. The predicted molar refractivity (Wildman–Crippen MR) is 110 cm³/mol. The van der Waals surface area contributed by atoms with Crippen LogP contribution in [0.15, 0.2) is 47.4 Å². The number of nitrogens with zero attached hydrogens (tertiary/aromatic N) is 2. The number of sulfonamides is 1. The third-order valence-electron chi connectivity index (χ3n) is 4.26. The second-order valence-electron chi connectivity index (χ2n) is 6.16. The van der Waals surface area contributed by atoms with Gasteiger partial charge in [-0.05, 0) is 48.9 Å². The molecule has 148 valence electrons. The summed E-state index contributed by atoms with van der Waals surface area (Å²) in [5, 5.41) is 14.5. The van der Waals surface area contributed by atoms with E-state index in [1.807, 2.05) is 6.07 Å². The lowest BCUT2D eigenvalue weighted by Gasteiger charge is -2.20. The smallest absolute Gasteiger partial charge is 0.243 e. The minimum absolute atomic E-state index is 0.0118. The lowest BCUT2D eigenvalue weighted by Crippen LogP contribution is -2.31. The number of aryl methyl sites for hydroxylation is 1. The summed E-state index contributed by atoms with van der Waals surface area (Å²) in [6, 6.07) is 13.6. The van der Waals surface area contributed by atoms with Crippen molar-refractivity contribution in [3.8, 4) is 6.07 Å². The largest absolute Gasteiger partial charge is 0.376 e. The number of nitriles is 1. The first kappa shape index (κ1) is 21.4. The third kappa shape index (κ3) is 5.09. The highest BCUT2D eigenvalue weighted by Gasteiger charge is 2.24. The van der Waals surface area contributed by atoms with Gasteiger partial charge in [0.2, 0.25) is 15.9 Å². The molecule has 0 aromatic heterocycles. The van der Waals surface area contributed by atoms with Crippen LogP contribution in [0, 0.1) is 18.3 Å². The van der Waals surface area contributed by atoms with Crippen LogP contribution in [0.5, 0.6) is 0 Å². The quantitative estimate of drug-likeness (QED) is 0.709. The van der Waals surface area contributed by atoms with Crippen LogP contribution in [0.1, 0.15) is 25.0 Å². The first-order valence-electron chi connectivity index (χ1n) is 8.96. The summed E-state index contributed by atoms with van der Waals surface area (Å²) in [6.45, 7) is 6.08. The van der Waals surface area contributed by atoms with Gasteiger partial charge >= 0.3 is 0 Å². The van der Waals surface area contributed by atoms with E-state index in [4.69, 9.17) is 5.26 Å². The molecule has 0 aliphatic rings. The van der Waals surface area contributed by atoms with E-state index in [-0.39, 0.29) is 17.3 Å². The average Bonchev–Trinajstić information content (AvgIpc) is 2.69. The molecular weight excluding hydrogens is 376 g/mol. The predicted octanol–water partition coefficient (Wildman–Crippen LogP) is 2.95. The van der Waals surface area contributed by atoms with E-state index in [9.17, 15) is 13.2 Å². The van der Waals surface area contributed by atoms with E-state index < -0.39 is 10.0 Å². The third-order valence-corrected chi connectivity index (χ3v) is 6.45. The molecule has 0 bridgehead atoms. The fraction of sp³-hybridized carbons (Fsp3) is 0.300. The topological polar surface area (TPSA) is 102 Å². The average molecular weight is 401 g/mol. The van der Waals surface area contributed by atoms with Gasteiger partial charge in [-0.25, -0.2) is 8.42 Å². The highest BCUT2D eigenvalue weighted by atomic mass is 32.2. The second-order valence-corrected chi connectivity index (χ2v) is 8.07. The molecule has 0 aliphatic heterocycles. The van der Waals surface area contributed by atoms with Crippen molar-refractivity contribution in [1.82, 2.24) is 4.31 Å². The molecule has 1 amide bonds.